The summed E-state index contributed by atoms with van der Waals surface area (Å²) in [6.45, 7) is 2.20. The number of alkyl halides is 3. The Morgan fingerprint density at radius 3 is 2.18 bits per heavy atom. The lowest BCUT2D eigenvalue weighted by Crippen LogP contribution is -2.58. The lowest BCUT2D eigenvalue weighted by Gasteiger charge is -2.30. The largest absolute Gasteiger partial charge is 0.405 e. The zero-order chi connectivity index (χ0) is 8.48. The number of hydrogen-bond donors (Lipinski definition) is 2. The van der Waals surface area contributed by atoms with Crippen molar-refractivity contribution in [3.63, 3.8) is 0 Å². The molecule has 2 atom stereocenters. The van der Waals surface area contributed by atoms with Gasteiger partial charge in [-0.05, 0) is 6.92 Å². The van der Waals surface area contributed by atoms with Crippen LogP contribution in [0.4, 0.5) is 13.2 Å². The zero-order valence-electron chi connectivity index (χ0n) is 6.20. The van der Waals surface area contributed by atoms with E-state index in [1.807, 2.05) is 6.92 Å². The van der Waals surface area contributed by atoms with Gasteiger partial charge in [0, 0.05) is 19.1 Å². The van der Waals surface area contributed by atoms with Crippen LogP contribution in [-0.2, 0) is 0 Å². The molecule has 5 heteroatoms. The van der Waals surface area contributed by atoms with Crippen LogP contribution in [-0.4, -0.2) is 31.3 Å². The van der Waals surface area contributed by atoms with Crippen LogP contribution in [0.15, 0.2) is 0 Å². The maximum Gasteiger partial charge on any atom is 0.405 e. The van der Waals surface area contributed by atoms with E-state index in [1.54, 1.807) is 0 Å². The molecule has 0 aromatic carbocycles. The monoisotopic (exact) mass is 168 g/mol. The van der Waals surface area contributed by atoms with Crippen molar-refractivity contribution in [1.82, 2.24) is 10.6 Å². The third-order valence-electron chi connectivity index (χ3n) is 1.74. The Kier molecular flexibility index (Phi) is 2.39. The van der Waals surface area contributed by atoms with Gasteiger partial charge in [-0.3, -0.25) is 0 Å². The summed E-state index contributed by atoms with van der Waals surface area (Å²) in [6.07, 6.45) is -4.12. The van der Waals surface area contributed by atoms with E-state index in [1.165, 1.54) is 0 Å². The highest BCUT2D eigenvalue weighted by Gasteiger charge is 2.40. The van der Waals surface area contributed by atoms with E-state index >= 15 is 0 Å². The molecule has 0 aromatic rings. The summed E-state index contributed by atoms with van der Waals surface area (Å²) in [4.78, 5) is 0. The van der Waals surface area contributed by atoms with Gasteiger partial charge >= 0.3 is 6.18 Å². The highest BCUT2D eigenvalue weighted by Crippen LogP contribution is 2.20. The minimum atomic E-state index is -4.12. The zero-order valence-corrected chi connectivity index (χ0v) is 6.20. The smallest absolute Gasteiger partial charge is 0.311 e. The maximum absolute atomic E-state index is 12.0. The Labute approximate surface area is 63.2 Å². The summed E-state index contributed by atoms with van der Waals surface area (Å²) in [7, 11) is 0. The first-order valence-corrected chi connectivity index (χ1v) is 3.53. The SMILES string of the molecule is C[C@H]1CN[C@H](C(F)(F)F)CN1. The second-order valence-electron chi connectivity index (χ2n) is 2.81. The van der Waals surface area contributed by atoms with Crippen molar-refractivity contribution in [2.24, 2.45) is 0 Å². The van der Waals surface area contributed by atoms with Crippen molar-refractivity contribution in [3.05, 3.63) is 0 Å². The summed E-state index contributed by atoms with van der Waals surface area (Å²) in [5, 5.41) is 5.18. The first-order valence-electron chi connectivity index (χ1n) is 3.53. The minimum absolute atomic E-state index is 0.0231. The van der Waals surface area contributed by atoms with E-state index in [-0.39, 0.29) is 12.6 Å². The van der Waals surface area contributed by atoms with Crippen LogP contribution in [0.3, 0.4) is 0 Å². The molecule has 0 bridgehead atoms. The summed E-state index contributed by atoms with van der Waals surface area (Å²) in [5.41, 5.74) is 0. The van der Waals surface area contributed by atoms with Gasteiger partial charge in [0.25, 0.3) is 0 Å². The summed E-state index contributed by atoms with van der Waals surface area (Å²) < 4.78 is 35.9. The van der Waals surface area contributed by atoms with E-state index in [0.29, 0.717) is 6.54 Å². The van der Waals surface area contributed by atoms with Crippen LogP contribution in [0.25, 0.3) is 0 Å². The van der Waals surface area contributed by atoms with Gasteiger partial charge in [-0.2, -0.15) is 13.2 Å². The molecule has 0 unspecified atom stereocenters. The minimum Gasteiger partial charge on any atom is -0.311 e. The van der Waals surface area contributed by atoms with E-state index in [4.69, 9.17) is 0 Å². The third-order valence-corrected chi connectivity index (χ3v) is 1.74. The molecule has 0 radical (unpaired) electrons. The van der Waals surface area contributed by atoms with Crippen molar-refractivity contribution >= 4 is 0 Å². The molecule has 1 aliphatic rings. The van der Waals surface area contributed by atoms with E-state index in [9.17, 15) is 13.2 Å². The Morgan fingerprint density at radius 2 is 1.82 bits per heavy atom. The fourth-order valence-electron chi connectivity index (χ4n) is 1.01. The van der Waals surface area contributed by atoms with Crippen LogP contribution < -0.4 is 10.6 Å². The fourth-order valence-corrected chi connectivity index (χ4v) is 1.01. The second-order valence-corrected chi connectivity index (χ2v) is 2.81. The Bertz CT molecular complexity index is 126. The van der Waals surface area contributed by atoms with Crippen molar-refractivity contribution in [3.8, 4) is 0 Å². The number of piperazine rings is 1. The molecule has 0 aromatic heterocycles. The standard InChI is InChI=1S/C6H11F3N2/c1-4-2-11-5(3-10-4)6(7,8)9/h4-5,10-11H,2-3H2,1H3/t4-,5-/m0/s1. The highest BCUT2D eigenvalue weighted by molar-refractivity contribution is 4.85. The van der Waals surface area contributed by atoms with Crippen molar-refractivity contribution in [2.75, 3.05) is 13.1 Å². The molecule has 2 nitrogen and oxygen atoms in total. The van der Waals surface area contributed by atoms with Gasteiger partial charge in [0.2, 0.25) is 0 Å². The molecule has 1 aliphatic heterocycles. The molecule has 0 saturated carbocycles. The lowest BCUT2D eigenvalue weighted by atomic mass is 10.2. The molecule has 2 N–H and O–H groups in total. The van der Waals surface area contributed by atoms with E-state index in [0.717, 1.165) is 0 Å². The van der Waals surface area contributed by atoms with Gasteiger partial charge < -0.3 is 10.6 Å². The summed E-state index contributed by atoms with van der Waals surface area (Å²) in [6, 6.07) is -1.24. The predicted octanol–water partition coefficient (Wildman–Crippen LogP) is 0.499. The Morgan fingerprint density at radius 1 is 1.18 bits per heavy atom. The molecular weight excluding hydrogens is 157 g/mol. The topological polar surface area (TPSA) is 24.1 Å². The van der Waals surface area contributed by atoms with Gasteiger partial charge in [-0.25, -0.2) is 0 Å². The molecule has 0 aliphatic carbocycles. The van der Waals surface area contributed by atoms with Gasteiger partial charge in [0.05, 0.1) is 0 Å². The van der Waals surface area contributed by atoms with Gasteiger partial charge in [-0.15, -0.1) is 0 Å². The van der Waals surface area contributed by atoms with Crippen LogP contribution in [0.1, 0.15) is 6.92 Å². The number of hydrogen-bond acceptors (Lipinski definition) is 2. The molecule has 1 saturated heterocycles. The van der Waals surface area contributed by atoms with Crippen molar-refractivity contribution < 1.29 is 13.2 Å². The fraction of sp³-hybridized carbons (Fsp3) is 1.00. The second kappa shape index (κ2) is 2.98. The molecule has 66 valence electrons. The van der Waals surface area contributed by atoms with Crippen molar-refractivity contribution in [1.29, 1.82) is 0 Å². The normalized spacial score (nSPS) is 33.8. The van der Waals surface area contributed by atoms with Gasteiger partial charge in [0.1, 0.15) is 6.04 Å². The summed E-state index contributed by atoms with van der Waals surface area (Å²) in [5.74, 6) is 0. The number of nitrogens with one attached hydrogen (secondary N) is 2. The quantitative estimate of drug-likeness (QED) is 0.550. The van der Waals surface area contributed by atoms with Gasteiger partial charge in [0.15, 0.2) is 0 Å². The van der Waals surface area contributed by atoms with E-state index in [2.05, 4.69) is 10.6 Å². The maximum atomic E-state index is 12.0. The molecule has 1 rings (SSSR count). The lowest BCUT2D eigenvalue weighted by molar-refractivity contribution is -0.158. The first kappa shape index (κ1) is 8.80. The van der Waals surface area contributed by atoms with Crippen LogP contribution >= 0.6 is 0 Å². The van der Waals surface area contributed by atoms with Crippen LogP contribution in [0.5, 0.6) is 0 Å². The third kappa shape index (κ3) is 2.34. The first-order chi connectivity index (χ1) is 5.00. The average molecular weight is 168 g/mol. The predicted molar refractivity (Wildman–Crippen MR) is 35.3 cm³/mol. The molecule has 11 heavy (non-hydrogen) atoms. The number of halogens is 3. The Balaban J connectivity index is 2.39. The number of rotatable bonds is 0. The van der Waals surface area contributed by atoms with Gasteiger partial charge in [-0.1, -0.05) is 0 Å². The molecule has 1 fully saturated rings. The molecular formula is C6H11F3N2. The Hall–Kier alpha value is -0.290. The molecule has 0 spiro atoms. The molecule has 1 heterocycles. The van der Waals surface area contributed by atoms with Crippen LogP contribution in [0, 0.1) is 0 Å². The summed E-state index contributed by atoms with van der Waals surface area (Å²) >= 11 is 0. The highest BCUT2D eigenvalue weighted by atomic mass is 19.4. The van der Waals surface area contributed by atoms with Crippen LogP contribution in [0.2, 0.25) is 0 Å². The van der Waals surface area contributed by atoms with E-state index < -0.39 is 12.2 Å². The molecule has 0 amide bonds. The average Bonchev–Trinajstić information content (AvgIpc) is 1.86. The van der Waals surface area contributed by atoms with Crippen molar-refractivity contribution in [2.45, 2.75) is 25.2 Å².